The number of methoxy groups -OCH3 is 1. The summed E-state index contributed by atoms with van der Waals surface area (Å²) in [6.45, 7) is 5.64. The highest BCUT2D eigenvalue weighted by Crippen LogP contribution is 2.31. The Morgan fingerprint density at radius 3 is 2.61 bits per heavy atom. The zero-order chi connectivity index (χ0) is 20.1. The number of nitrogens with one attached hydrogen (secondary N) is 1. The largest absolute Gasteiger partial charge is 0.496 e. The summed E-state index contributed by atoms with van der Waals surface area (Å²) >= 11 is 0. The first-order chi connectivity index (χ1) is 13.4. The second-order valence-electron chi connectivity index (χ2n) is 8.37. The molecule has 1 aliphatic carbocycles. The fourth-order valence-electron chi connectivity index (χ4n) is 3.67. The summed E-state index contributed by atoms with van der Waals surface area (Å²) in [6.07, 6.45) is 9.93. The number of amides is 1. The maximum absolute atomic E-state index is 11.9. The van der Waals surface area contributed by atoms with Crippen LogP contribution < -0.4 is 10.1 Å². The van der Waals surface area contributed by atoms with Crippen molar-refractivity contribution in [2.24, 2.45) is 5.92 Å². The van der Waals surface area contributed by atoms with Crippen LogP contribution in [0.5, 0.6) is 5.75 Å². The molecule has 1 aromatic heterocycles. The Morgan fingerprint density at radius 1 is 1.18 bits per heavy atom. The molecule has 1 fully saturated rings. The van der Waals surface area contributed by atoms with Gasteiger partial charge in [0.25, 0.3) is 0 Å². The number of aromatic nitrogens is 1. The Morgan fingerprint density at radius 2 is 1.93 bits per heavy atom. The van der Waals surface area contributed by atoms with E-state index in [9.17, 15) is 4.79 Å². The second kappa shape index (κ2) is 8.63. The fraction of sp³-hybridized carbons (Fsp3) is 0.478. The number of hydrogen-bond acceptors (Lipinski definition) is 4. The molecule has 28 heavy (non-hydrogen) atoms. The van der Waals surface area contributed by atoms with Crippen LogP contribution in [-0.2, 0) is 4.74 Å². The monoisotopic (exact) mass is 382 g/mol. The van der Waals surface area contributed by atoms with E-state index in [1.165, 1.54) is 0 Å². The van der Waals surface area contributed by atoms with Crippen molar-refractivity contribution in [3.8, 4) is 5.75 Å². The van der Waals surface area contributed by atoms with Gasteiger partial charge in [-0.05, 0) is 70.6 Å². The molecule has 1 aromatic carbocycles. The Kier molecular flexibility index (Phi) is 6.22. The number of hydrogen-bond donors (Lipinski definition) is 1. The number of ether oxygens (including phenoxy) is 2. The van der Waals surface area contributed by atoms with E-state index in [1.54, 1.807) is 13.3 Å². The molecule has 1 aliphatic rings. The van der Waals surface area contributed by atoms with Gasteiger partial charge in [0.1, 0.15) is 11.4 Å². The van der Waals surface area contributed by atoms with Crippen LogP contribution in [0, 0.1) is 5.92 Å². The summed E-state index contributed by atoms with van der Waals surface area (Å²) in [5, 5.41) is 4.09. The van der Waals surface area contributed by atoms with E-state index in [0.29, 0.717) is 5.92 Å². The van der Waals surface area contributed by atoms with Crippen LogP contribution in [0.1, 0.15) is 52.0 Å². The number of fused-ring (bicyclic) bond motifs is 1. The minimum Gasteiger partial charge on any atom is -0.496 e. The average molecular weight is 383 g/mol. The van der Waals surface area contributed by atoms with Crippen LogP contribution in [0.25, 0.3) is 17.0 Å². The van der Waals surface area contributed by atoms with Crippen LogP contribution in [0.3, 0.4) is 0 Å². The minimum atomic E-state index is -0.462. The van der Waals surface area contributed by atoms with Gasteiger partial charge in [0.2, 0.25) is 0 Å². The van der Waals surface area contributed by atoms with Crippen molar-refractivity contribution < 1.29 is 14.3 Å². The van der Waals surface area contributed by atoms with Gasteiger partial charge in [-0.25, -0.2) is 4.79 Å². The van der Waals surface area contributed by atoms with Gasteiger partial charge in [-0.1, -0.05) is 18.2 Å². The highest BCUT2D eigenvalue weighted by molar-refractivity contribution is 5.90. The third kappa shape index (κ3) is 5.24. The topological polar surface area (TPSA) is 60.5 Å². The SMILES string of the molecule is COc1ccc2ncccc2c1C=CC1CCC(NC(=O)OC(C)(C)C)CC1. The van der Waals surface area contributed by atoms with E-state index in [0.717, 1.165) is 47.9 Å². The first-order valence-corrected chi connectivity index (χ1v) is 9.95. The molecule has 0 spiro atoms. The van der Waals surface area contributed by atoms with Gasteiger partial charge in [0, 0.05) is 23.2 Å². The van der Waals surface area contributed by atoms with Gasteiger partial charge in [-0.3, -0.25) is 4.98 Å². The molecule has 1 N–H and O–H groups in total. The number of nitrogens with zero attached hydrogens (tertiary/aromatic N) is 1. The number of rotatable bonds is 4. The summed E-state index contributed by atoms with van der Waals surface area (Å²) in [5.41, 5.74) is 1.58. The second-order valence-corrected chi connectivity index (χ2v) is 8.37. The van der Waals surface area contributed by atoms with Gasteiger partial charge in [-0.2, -0.15) is 0 Å². The molecule has 0 atom stereocenters. The molecule has 5 nitrogen and oxygen atoms in total. The van der Waals surface area contributed by atoms with E-state index in [1.807, 2.05) is 39.0 Å². The smallest absolute Gasteiger partial charge is 0.407 e. The lowest BCUT2D eigenvalue weighted by molar-refractivity contribution is 0.0490. The molecular formula is C23H30N2O3. The van der Waals surface area contributed by atoms with Gasteiger partial charge in [-0.15, -0.1) is 0 Å². The summed E-state index contributed by atoms with van der Waals surface area (Å²) in [6, 6.07) is 8.17. The number of carbonyl (C=O) groups excluding carboxylic acids is 1. The molecule has 0 radical (unpaired) electrons. The van der Waals surface area contributed by atoms with Crippen LogP contribution >= 0.6 is 0 Å². The Labute approximate surface area is 167 Å². The van der Waals surface area contributed by atoms with E-state index in [2.05, 4.69) is 28.5 Å². The standard InChI is InChI=1S/C23H30N2O3/c1-23(2,3)28-22(26)25-17-10-7-16(8-11-17)9-12-19-18-6-5-15-24-20(18)13-14-21(19)27-4/h5-6,9,12-17H,7-8,10-11H2,1-4H3,(H,25,26). The van der Waals surface area contributed by atoms with Gasteiger partial charge < -0.3 is 14.8 Å². The molecule has 3 rings (SSSR count). The number of allylic oxidation sites excluding steroid dienone is 1. The molecule has 5 heteroatoms. The zero-order valence-electron chi connectivity index (χ0n) is 17.2. The van der Waals surface area contributed by atoms with Crippen molar-refractivity contribution in [1.82, 2.24) is 10.3 Å². The minimum absolute atomic E-state index is 0.191. The van der Waals surface area contributed by atoms with Crippen LogP contribution in [-0.4, -0.2) is 29.8 Å². The van der Waals surface area contributed by atoms with Crippen molar-refractivity contribution in [2.45, 2.75) is 58.1 Å². The van der Waals surface area contributed by atoms with E-state index in [-0.39, 0.29) is 12.1 Å². The predicted octanol–water partition coefficient (Wildman–Crippen LogP) is 5.34. The quantitative estimate of drug-likeness (QED) is 0.775. The van der Waals surface area contributed by atoms with Crippen molar-refractivity contribution in [1.29, 1.82) is 0 Å². The molecule has 0 aliphatic heterocycles. The fourth-order valence-corrected chi connectivity index (χ4v) is 3.67. The van der Waals surface area contributed by atoms with E-state index in [4.69, 9.17) is 9.47 Å². The van der Waals surface area contributed by atoms with Crippen molar-refractivity contribution in [2.75, 3.05) is 7.11 Å². The molecule has 150 valence electrons. The number of carbonyl (C=O) groups is 1. The summed E-state index contributed by atoms with van der Waals surface area (Å²) in [7, 11) is 1.70. The van der Waals surface area contributed by atoms with Crippen molar-refractivity contribution in [3.05, 3.63) is 42.1 Å². The number of pyridine rings is 1. The first-order valence-electron chi connectivity index (χ1n) is 9.95. The van der Waals surface area contributed by atoms with Gasteiger partial charge in [0.05, 0.1) is 12.6 Å². The molecule has 0 saturated heterocycles. The van der Waals surface area contributed by atoms with Crippen LogP contribution in [0.15, 0.2) is 36.5 Å². The molecule has 0 unspecified atom stereocenters. The zero-order valence-corrected chi connectivity index (χ0v) is 17.2. The first kappa shape index (κ1) is 20.2. The molecule has 1 amide bonds. The average Bonchev–Trinajstić information content (AvgIpc) is 2.65. The van der Waals surface area contributed by atoms with Gasteiger partial charge in [0.15, 0.2) is 0 Å². The van der Waals surface area contributed by atoms with E-state index >= 15 is 0 Å². The molecule has 2 aromatic rings. The van der Waals surface area contributed by atoms with E-state index < -0.39 is 5.60 Å². The van der Waals surface area contributed by atoms with Crippen molar-refractivity contribution in [3.63, 3.8) is 0 Å². The molecule has 1 saturated carbocycles. The molecular weight excluding hydrogens is 352 g/mol. The highest BCUT2D eigenvalue weighted by Gasteiger charge is 2.23. The normalized spacial score (nSPS) is 20.3. The maximum atomic E-state index is 11.9. The summed E-state index contributed by atoms with van der Waals surface area (Å²) < 4.78 is 10.9. The number of benzene rings is 1. The Hall–Kier alpha value is -2.56. The highest BCUT2D eigenvalue weighted by atomic mass is 16.6. The Balaban J connectivity index is 1.62. The number of alkyl carbamates (subject to hydrolysis) is 1. The Bertz CT molecular complexity index is 847. The lowest BCUT2D eigenvalue weighted by atomic mass is 9.85. The maximum Gasteiger partial charge on any atom is 0.407 e. The van der Waals surface area contributed by atoms with Gasteiger partial charge >= 0.3 is 6.09 Å². The van der Waals surface area contributed by atoms with Crippen LogP contribution in [0.2, 0.25) is 0 Å². The molecule has 1 heterocycles. The third-order valence-electron chi connectivity index (χ3n) is 5.03. The molecule has 0 bridgehead atoms. The predicted molar refractivity (Wildman–Crippen MR) is 112 cm³/mol. The summed E-state index contributed by atoms with van der Waals surface area (Å²) in [4.78, 5) is 16.4. The lowest BCUT2D eigenvalue weighted by Crippen LogP contribution is -2.40. The lowest BCUT2D eigenvalue weighted by Gasteiger charge is -2.29. The summed E-state index contributed by atoms with van der Waals surface area (Å²) in [5.74, 6) is 1.35. The van der Waals surface area contributed by atoms with Crippen LogP contribution in [0.4, 0.5) is 4.79 Å². The van der Waals surface area contributed by atoms with Crippen molar-refractivity contribution >= 4 is 23.1 Å². The third-order valence-corrected chi connectivity index (χ3v) is 5.03.